The molecule has 0 fully saturated rings. The molecule has 0 aromatic heterocycles. The van der Waals surface area contributed by atoms with Crippen LogP contribution in [0, 0.1) is 0 Å². The molecule has 0 spiro atoms. The van der Waals surface area contributed by atoms with Crippen molar-refractivity contribution in [2.24, 2.45) is 0 Å². The molecule has 0 aromatic rings. The van der Waals surface area contributed by atoms with E-state index in [1.54, 1.807) is 6.08 Å². The Labute approximate surface area is 393 Å². The van der Waals surface area contributed by atoms with Crippen molar-refractivity contribution in [3.8, 4) is 0 Å². The first-order valence-corrected chi connectivity index (χ1v) is 27.7. The quantitative estimate of drug-likeness (QED) is 0.0421. The molecule has 1 amide bonds. The highest BCUT2D eigenvalue weighted by Crippen LogP contribution is 2.17. The van der Waals surface area contributed by atoms with Crippen LogP contribution in [0.1, 0.15) is 277 Å². The molecule has 0 saturated carbocycles. The minimum absolute atomic E-state index is 0.0623. The van der Waals surface area contributed by atoms with E-state index in [4.69, 9.17) is 0 Å². The predicted molar refractivity (Wildman–Crippen MR) is 281 cm³/mol. The molecule has 63 heavy (non-hydrogen) atoms. The zero-order valence-electron chi connectivity index (χ0n) is 42.1. The van der Waals surface area contributed by atoms with Gasteiger partial charge in [0.2, 0.25) is 5.91 Å². The van der Waals surface area contributed by atoms with Crippen LogP contribution in [0.4, 0.5) is 0 Å². The Morgan fingerprint density at radius 2 is 0.698 bits per heavy atom. The molecule has 0 saturated heterocycles. The van der Waals surface area contributed by atoms with Crippen LogP contribution in [0.5, 0.6) is 0 Å². The zero-order chi connectivity index (χ0) is 45.6. The van der Waals surface area contributed by atoms with Crippen LogP contribution in [0.25, 0.3) is 0 Å². The normalized spacial score (nSPS) is 13.4. The van der Waals surface area contributed by atoms with Crippen molar-refractivity contribution >= 4 is 5.91 Å². The lowest BCUT2D eigenvalue weighted by Crippen LogP contribution is -2.45. The third-order valence-corrected chi connectivity index (χ3v) is 12.4. The second-order valence-electron chi connectivity index (χ2n) is 18.6. The topological polar surface area (TPSA) is 69.6 Å². The zero-order valence-corrected chi connectivity index (χ0v) is 42.1. The molecular formula is C59H107NO3. The van der Waals surface area contributed by atoms with Crippen LogP contribution in [-0.2, 0) is 4.79 Å². The van der Waals surface area contributed by atoms with E-state index >= 15 is 0 Å². The summed E-state index contributed by atoms with van der Waals surface area (Å²) in [6.45, 7) is 4.19. The van der Waals surface area contributed by atoms with Gasteiger partial charge in [0.1, 0.15) is 0 Å². The largest absolute Gasteiger partial charge is 0.394 e. The highest BCUT2D eigenvalue weighted by Gasteiger charge is 2.18. The van der Waals surface area contributed by atoms with E-state index in [1.165, 1.54) is 199 Å². The Morgan fingerprint density at radius 1 is 0.397 bits per heavy atom. The van der Waals surface area contributed by atoms with Crippen molar-refractivity contribution in [1.29, 1.82) is 0 Å². The molecule has 3 N–H and O–H groups in total. The Bertz CT molecular complexity index is 1090. The summed E-state index contributed by atoms with van der Waals surface area (Å²) in [7, 11) is 0. The van der Waals surface area contributed by atoms with Gasteiger partial charge in [0.15, 0.2) is 0 Å². The highest BCUT2D eigenvalue weighted by atomic mass is 16.3. The maximum Gasteiger partial charge on any atom is 0.220 e. The number of hydrogen-bond acceptors (Lipinski definition) is 3. The van der Waals surface area contributed by atoms with Crippen LogP contribution in [0.2, 0.25) is 0 Å². The van der Waals surface area contributed by atoms with Gasteiger partial charge in [-0.05, 0) is 64.2 Å². The number of carbonyl (C=O) groups is 1. The molecule has 366 valence electrons. The fourth-order valence-electron chi connectivity index (χ4n) is 8.27. The van der Waals surface area contributed by atoms with Gasteiger partial charge in [-0.1, -0.05) is 279 Å². The maximum atomic E-state index is 12.4. The molecule has 0 rings (SSSR count). The van der Waals surface area contributed by atoms with Gasteiger partial charge in [-0.25, -0.2) is 0 Å². The van der Waals surface area contributed by atoms with Gasteiger partial charge in [-0.2, -0.15) is 0 Å². The fourth-order valence-corrected chi connectivity index (χ4v) is 8.27. The minimum atomic E-state index is -0.838. The monoisotopic (exact) mass is 878 g/mol. The third-order valence-electron chi connectivity index (χ3n) is 12.4. The molecule has 2 atom stereocenters. The van der Waals surface area contributed by atoms with Crippen molar-refractivity contribution < 1.29 is 15.0 Å². The Balaban J connectivity index is 3.41. The van der Waals surface area contributed by atoms with Gasteiger partial charge in [0.05, 0.1) is 18.8 Å². The molecule has 4 nitrogen and oxygen atoms in total. The molecule has 0 aliphatic carbocycles. The molecule has 2 unspecified atom stereocenters. The van der Waals surface area contributed by atoms with Crippen molar-refractivity contribution in [3.63, 3.8) is 0 Å². The number of nitrogens with one attached hydrogen (secondary N) is 1. The summed E-state index contributed by atoms with van der Waals surface area (Å²) < 4.78 is 0. The lowest BCUT2D eigenvalue weighted by Gasteiger charge is -2.20. The number of rotatable bonds is 50. The number of hydrogen-bond donors (Lipinski definition) is 3. The van der Waals surface area contributed by atoms with Gasteiger partial charge in [-0.3, -0.25) is 4.79 Å². The number of amides is 1. The molecule has 0 aliphatic heterocycles. The molecule has 0 heterocycles. The van der Waals surface area contributed by atoms with Gasteiger partial charge in [0, 0.05) is 6.42 Å². The fraction of sp³-hybridized carbons (Fsp3) is 0.780. The van der Waals surface area contributed by atoms with E-state index in [-0.39, 0.29) is 12.5 Å². The first kappa shape index (κ1) is 60.8. The Kier molecular flexibility index (Phi) is 52.3. The second kappa shape index (κ2) is 54.2. The average Bonchev–Trinajstić information content (AvgIpc) is 3.29. The highest BCUT2D eigenvalue weighted by molar-refractivity contribution is 5.76. The van der Waals surface area contributed by atoms with Gasteiger partial charge in [-0.15, -0.1) is 0 Å². The van der Waals surface area contributed by atoms with Gasteiger partial charge >= 0.3 is 0 Å². The number of aliphatic hydroxyl groups is 2. The minimum Gasteiger partial charge on any atom is -0.394 e. The summed E-state index contributed by atoms with van der Waals surface area (Å²) >= 11 is 0. The molecule has 0 radical (unpaired) electrons. The molecule has 0 aromatic carbocycles. The van der Waals surface area contributed by atoms with E-state index in [0.717, 1.165) is 57.8 Å². The summed E-state index contributed by atoms with van der Waals surface area (Å²) in [5.41, 5.74) is 0. The predicted octanol–water partition coefficient (Wildman–Crippen LogP) is 18.2. The second-order valence-corrected chi connectivity index (χ2v) is 18.6. The van der Waals surface area contributed by atoms with E-state index in [0.29, 0.717) is 6.42 Å². The molecule has 0 bridgehead atoms. The Hall–Kier alpha value is -2.17. The maximum absolute atomic E-state index is 12.4. The SMILES string of the molecule is CC/C=C\C/C=C\C/C=C\C/C=C\C/C=C\CCCCCCCCCCCCCCCCCCCCCCCCCC(=O)NC(CO)C(O)/C=C/CCCCCCCCCCCC. The first-order chi connectivity index (χ1) is 31.2. The molecule has 0 aliphatic rings. The van der Waals surface area contributed by atoms with Crippen molar-refractivity contribution in [2.75, 3.05) is 6.61 Å². The summed E-state index contributed by atoms with van der Waals surface area (Å²) in [4.78, 5) is 12.4. The third kappa shape index (κ3) is 50.7. The van der Waals surface area contributed by atoms with Crippen LogP contribution in [0.3, 0.4) is 0 Å². The molecular weight excluding hydrogens is 771 g/mol. The number of unbranched alkanes of at least 4 members (excludes halogenated alkanes) is 33. The van der Waals surface area contributed by atoms with Crippen molar-refractivity contribution in [1.82, 2.24) is 5.32 Å². The summed E-state index contributed by atoms with van der Waals surface area (Å²) in [5.74, 6) is -0.0623. The smallest absolute Gasteiger partial charge is 0.220 e. The van der Waals surface area contributed by atoms with E-state index < -0.39 is 12.1 Å². The summed E-state index contributed by atoms with van der Waals surface area (Å²) in [5, 5.41) is 23.0. The van der Waals surface area contributed by atoms with E-state index in [2.05, 4.69) is 79.9 Å². The van der Waals surface area contributed by atoms with Crippen LogP contribution in [0.15, 0.2) is 72.9 Å². The standard InChI is InChI=1S/C59H107NO3/c1-3-5-7-9-11-13-15-17-18-19-20-21-22-23-24-25-26-27-28-29-30-31-32-33-34-35-36-37-38-39-40-41-42-43-45-47-49-51-53-55-59(63)60-57(56-61)58(62)54-52-50-48-46-44-16-14-12-10-8-6-4-2/h5,7,11,13,17-18,20-21,23-24,52,54,57-58,61-62H,3-4,6,8-10,12,14-16,19,22,25-51,53,55-56H2,1-2H3,(H,60,63)/b7-5-,13-11-,18-17-,21-20-,24-23-,54-52+. The van der Waals surface area contributed by atoms with E-state index in [1.807, 2.05) is 6.08 Å². The summed E-state index contributed by atoms with van der Waals surface area (Å²) in [6.07, 6.45) is 77.9. The van der Waals surface area contributed by atoms with Crippen molar-refractivity contribution in [3.05, 3.63) is 72.9 Å². The van der Waals surface area contributed by atoms with Crippen molar-refractivity contribution in [2.45, 2.75) is 289 Å². The van der Waals surface area contributed by atoms with E-state index in [9.17, 15) is 15.0 Å². The number of allylic oxidation sites excluding steroid dienone is 11. The first-order valence-electron chi connectivity index (χ1n) is 27.7. The Morgan fingerprint density at radius 3 is 1.05 bits per heavy atom. The van der Waals surface area contributed by atoms with Gasteiger partial charge in [0.25, 0.3) is 0 Å². The van der Waals surface area contributed by atoms with Crippen LogP contribution in [-0.4, -0.2) is 34.9 Å². The molecule has 4 heteroatoms. The lowest BCUT2D eigenvalue weighted by atomic mass is 10.0. The summed E-state index contributed by atoms with van der Waals surface area (Å²) in [6, 6.07) is -0.621. The van der Waals surface area contributed by atoms with Gasteiger partial charge < -0.3 is 15.5 Å². The number of carbonyl (C=O) groups excluding carboxylic acids is 1. The van der Waals surface area contributed by atoms with Crippen LogP contribution >= 0.6 is 0 Å². The lowest BCUT2D eigenvalue weighted by molar-refractivity contribution is -0.123. The van der Waals surface area contributed by atoms with Crippen LogP contribution < -0.4 is 5.32 Å². The average molecular weight is 879 g/mol. The number of aliphatic hydroxyl groups excluding tert-OH is 2.